The highest BCUT2D eigenvalue weighted by molar-refractivity contribution is 5.80. The average molecular weight is 236 g/mol. The molecule has 0 radical (unpaired) electrons. The Morgan fingerprint density at radius 1 is 1.06 bits per heavy atom. The van der Waals surface area contributed by atoms with Crippen molar-refractivity contribution >= 4 is 10.9 Å². The molecule has 2 aromatic heterocycles. The summed E-state index contributed by atoms with van der Waals surface area (Å²) in [6.45, 7) is 0. The second kappa shape index (κ2) is 3.63. The zero-order valence-electron chi connectivity index (χ0n) is 9.82. The number of aromatic nitrogens is 4. The highest BCUT2D eigenvalue weighted by Gasteiger charge is 2.26. The molecule has 0 bridgehead atoms. The largest absolute Gasteiger partial charge is 0.309 e. The van der Waals surface area contributed by atoms with Crippen LogP contribution in [0, 0.1) is 0 Å². The van der Waals surface area contributed by atoms with Gasteiger partial charge in [0, 0.05) is 11.4 Å². The van der Waals surface area contributed by atoms with Crippen molar-refractivity contribution in [1.82, 2.24) is 19.7 Å². The molecular formula is C14H12N4. The molecule has 0 saturated heterocycles. The van der Waals surface area contributed by atoms with Gasteiger partial charge in [0.05, 0.1) is 5.52 Å². The van der Waals surface area contributed by atoms with Crippen LogP contribution in [0.15, 0.2) is 42.7 Å². The third-order valence-electron chi connectivity index (χ3n) is 3.34. The van der Waals surface area contributed by atoms with E-state index in [-0.39, 0.29) is 0 Å². The summed E-state index contributed by atoms with van der Waals surface area (Å²) in [5, 5.41) is 9.37. The molecule has 1 fully saturated rings. The van der Waals surface area contributed by atoms with Crippen LogP contribution in [0.3, 0.4) is 0 Å². The van der Waals surface area contributed by atoms with Crippen LogP contribution in [0.4, 0.5) is 0 Å². The quantitative estimate of drug-likeness (QED) is 0.687. The van der Waals surface area contributed by atoms with Crippen LogP contribution in [-0.4, -0.2) is 19.7 Å². The molecule has 88 valence electrons. The van der Waals surface area contributed by atoms with Gasteiger partial charge in [-0.2, -0.15) is 0 Å². The minimum Gasteiger partial charge on any atom is -0.309 e. The molecule has 1 aliphatic rings. The van der Waals surface area contributed by atoms with Crippen molar-refractivity contribution in [3.63, 3.8) is 0 Å². The van der Waals surface area contributed by atoms with Crippen molar-refractivity contribution in [2.75, 3.05) is 0 Å². The third kappa shape index (κ3) is 1.49. The van der Waals surface area contributed by atoms with Gasteiger partial charge in [-0.3, -0.25) is 0 Å². The molecule has 0 unspecified atom stereocenters. The Balaban J connectivity index is 1.88. The topological polar surface area (TPSA) is 43.6 Å². The standard InChI is InChI=1S/C14H12N4/c1-2-4-12-10(3-1)5-8-13(16-12)14-17-15-9-18(14)11-6-7-11/h1-5,8-9,11H,6-7H2. The molecule has 4 rings (SSSR count). The summed E-state index contributed by atoms with van der Waals surface area (Å²) in [5.41, 5.74) is 1.90. The van der Waals surface area contributed by atoms with E-state index in [9.17, 15) is 0 Å². The lowest BCUT2D eigenvalue weighted by molar-refractivity contribution is 0.744. The molecule has 1 saturated carbocycles. The lowest BCUT2D eigenvalue weighted by atomic mass is 10.2. The van der Waals surface area contributed by atoms with Gasteiger partial charge in [-0.1, -0.05) is 24.3 Å². The Labute approximate surface area is 104 Å². The first-order chi connectivity index (χ1) is 8.92. The number of hydrogen-bond acceptors (Lipinski definition) is 3. The van der Waals surface area contributed by atoms with Crippen LogP contribution in [0.25, 0.3) is 22.4 Å². The molecule has 1 aliphatic carbocycles. The number of fused-ring (bicyclic) bond motifs is 1. The number of pyridine rings is 1. The molecule has 2 heterocycles. The van der Waals surface area contributed by atoms with Crippen molar-refractivity contribution in [3.8, 4) is 11.5 Å². The minimum atomic E-state index is 0.572. The summed E-state index contributed by atoms with van der Waals surface area (Å²) >= 11 is 0. The fourth-order valence-electron chi connectivity index (χ4n) is 2.24. The molecule has 0 amide bonds. The van der Waals surface area contributed by atoms with Crippen molar-refractivity contribution in [3.05, 3.63) is 42.7 Å². The maximum absolute atomic E-state index is 4.67. The lowest BCUT2D eigenvalue weighted by Crippen LogP contribution is -1.97. The van der Waals surface area contributed by atoms with E-state index in [1.54, 1.807) is 0 Å². The van der Waals surface area contributed by atoms with Crippen molar-refractivity contribution in [1.29, 1.82) is 0 Å². The molecule has 4 heteroatoms. The van der Waals surface area contributed by atoms with Gasteiger partial charge in [-0.25, -0.2) is 4.98 Å². The minimum absolute atomic E-state index is 0.572. The van der Waals surface area contributed by atoms with Crippen molar-refractivity contribution in [2.45, 2.75) is 18.9 Å². The van der Waals surface area contributed by atoms with E-state index in [1.165, 1.54) is 12.8 Å². The molecule has 0 N–H and O–H groups in total. The van der Waals surface area contributed by atoms with E-state index in [0.29, 0.717) is 6.04 Å². The second-order valence-electron chi connectivity index (χ2n) is 4.68. The smallest absolute Gasteiger partial charge is 0.182 e. The maximum Gasteiger partial charge on any atom is 0.182 e. The Morgan fingerprint density at radius 2 is 1.94 bits per heavy atom. The number of rotatable bonds is 2. The molecule has 0 spiro atoms. The monoisotopic (exact) mass is 236 g/mol. The molecule has 0 atom stereocenters. The fourth-order valence-corrected chi connectivity index (χ4v) is 2.24. The summed E-state index contributed by atoms with van der Waals surface area (Å²) in [5.74, 6) is 0.878. The van der Waals surface area contributed by atoms with Crippen molar-refractivity contribution in [2.24, 2.45) is 0 Å². The van der Waals surface area contributed by atoms with Gasteiger partial charge in [0.15, 0.2) is 5.82 Å². The van der Waals surface area contributed by atoms with Gasteiger partial charge in [0.2, 0.25) is 0 Å². The zero-order chi connectivity index (χ0) is 11.9. The van der Waals surface area contributed by atoms with Crippen LogP contribution < -0.4 is 0 Å². The molecule has 1 aromatic carbocycles. The maximum atomic E-state index is 4.67. The van der Waals surface area contributed by atoms with Gasteiger partial charge >= 0.3 is 0 Å². The first-order valence-electron chi connectivity index (χ1n) is 6.17. The summed E-state index contributed by atoms with van der Waals surface area (Å²) in [7, 11) is 0. The lowest BCUT2D eigenvalue weighted by Gasteiger charge is -2.04. The average Bonchev–Trinajstić information content (AvgIpc) is 3.16. The number of nitrogens with zero attached hydrogens (tertiary/aromatic N) is 4. The number of hydrogen-bond donors (Lipinski definition) is 0. The summed E-state index contributed by atoms with van der Waals surface area (Å²) in [6.07, 6.45) is 4.25. The van der Waals surface area contributed by atoms with Gasteiger partial charge in [0.1, 0.15) is 12.0 Å². The predicted octanol–water partition coefficient (Wildman–Crippen LogP) is 2.83. The number of para-hydroxylation sites is 1. The Morgan fingerprint density at radius 3 is 2.83 bits per heavy atom. The zero-order valence-corrected chi connectivity index (χ0v) is 9.82. The molecule has 0 aliphatic heterocycles. The number of benzene rings is 1. The van der Waals surface area contributed by atoms with Gasteiger partial charge in [0.25, 0.3) is 0 Å². The highest BCUT2D eigenvalue weighted by atomic mass is 15.3. The van der Waals surface area contributed by atoms with Crippen LogP contribution in [0.2, 0.25) is 0 Å². The van der Waals surface area contributed by atoms with Crippen LogP contribution in [0.5, 0.6) is 0 Å². The molecular weight excluding hydrogens is 224 g/mol. The summed E-state index contributed by atoms with van der Waals surface area (Å²) in [4.78, 5) is 4.67. The first-order valence-corrected chi connectivity index (χ1v) is 6.17. The van der Waals surface area contributed by atoms with Crippen LogP contribution in [-0.2, 0) is 0 Å². The molecule has 3 aromatic rings. The summed E-state index contributed by atoms with van der Waals surface area (Å²) in [6, 6.07) is 12.8. The normalized spacial score (nSPS) is 15.1. The predicted molar refractivity (Wildman–Crippen MR) is 69.0 cm³/mol. The fraction of sp³-hybridized carbons (Fsp3) is 0.214. The first kappa shape index (κ1) is 9.76. The van der Waals surface area contributed by atoms with Crippen molar-refractivity contribution < 1.29 is 0 Å². The van der Waals surface area contributed by atoms with E-state index in [4.69, 9.17) is 0 Å². The molecule has 4 nitrogen and oxygen atoms in total. The van der Waals surface area contributed by atoms with E-state index in [0.717, 1.165) is 22.4 Å². The van der Waals surface area contributed by atoms with E-state index >= 15 is 0 Å². The van der Waals surface area contributed by atoms with Gasteiger partial charge < -0.3 is 4.57 Å². The van der Waals surface area contributed by atoms with Gasteiger partial charge in [-0.05, 0) is 25.0 Å². The Hall–Kier alpha value is -2.23. The highest BCUT2D eigenvalue weighted by Crippen LogP contribution is 2.37. The molecule has 18 heavy (non-hydrogen) atoms. The van der Waals surface area contributed by atoms with Crippen LogP contribution in [0.1, 0.15) is 18.9 Å². The SMILES string of the molecule is c1ccc2nc(-c3nncn3C3CC3)ccc2c1. The Bertz CT molecular complexity index is 712. The van der Waals surface area contributed by atoms with Gasteiger partial charge in [-0.15, -0.1) is 10.2 Å². The van der Waals surface area contributed by atoms with Crippen LogP contribution >= 0.6 is 0 Å². The Kier molecular flexibility index (Phi) is 1.97. The van der Waals surface area contributed by atoms with E-state index in [1.807, 2.05) is 30.6 Å². The second-order valence-corrected chi connectivity index (χ2v) is 4.68. The summed E-state index contributed by atoms with van der Waals surface area (Å²) < 4.78 is 2.14. The van der Waals surface area contributed by atoms with E-state index in [2.05, 4.69) is 31.9 Å². The third-order valence-corrected chi connectivity index (χ3v) is 3.34. The van der Waals surface area contributed by atoms with E-state index < -0.39 is 0 Å².